The average molecular weight is 415 g/mol. The van der Waals surface area contributed by atoms with E-state index in [1.165, 1.54) is 16.7 Å². The third kappa shape index (κ3) is 3.12. The van der Waals surface area contributed by atoms with Gasteiger partial charge in [-0.15, -0.1) is 0 Å². The van der Waals surface area contributed by atoms with Crippen LogP contribution in [-0.2, 0) is 23.2 Å². The zero-order valence-electron chi connectivity index (χ0n) is 17.7. The van der Waals surface area contributed by atoms with E-state index in [0.717, 1.165) is 6.42 Å². The molecule has 1 fully saturated rings. The zero-order chi connectivity index (χ0) is 21.4. The van der Waals surface area contributed by atoms with Crippen LogP contribution < -0.4 is 14.2 Å². The molecule has 0 radical (unpaired) electrons. The number of carbonyl (C=O) groups is 1. The quantitative estimate of drug-likeness (QED) is 0.572. The highest BCUT2D eigenvalue weighted by Crippen LogP contribution is 2.50. The lowest BCUT2D eigenvalue weighted by Gasteiger charge is -2.59. The first-order valence-corrected chi connectivity index (χ1v) is 10.5. The van der Waals surface area contributed by atoms with Gasteiger partial charge in [-0.25, -0.2) is 0 Å². The molecule has 5 nitrogen and oxygen atoms in total. The van der Waals surface area contributed by atoms with Crippen molar-refractivity contribution in [2.45, 2.75) is 24.5 Å². The average Bonchev–Trinajstić information content (AvgIpc) is 2.82. The molecule has 0 saturated carbocycles. The summed E-state index contributed by atoms with van der Waals surface area (Å²) in [5.74, 6) is 1.83. The van der Waals surface area contributed by atoms with Crippen LogP contribution in [0.1, 0.15) is 16.7 Å². The number of carbonyl (C=O) groups excluding carboxylic acids is 1. The second kappa shape index (κ2) is 7.65. The molecule has 0 bridgehead atoms. The molecule has 2 aliphatic heterocycles. The third-order valence-corrected chi connectivity index (χ3v) is 6.39. The Morgan fingerprint density at radius 2 is 1.55 bits per heavy atom. The Morgan fingerprint density at radius 3 is 2.26 bits per heavy atom. The lowest BCUT2D eigenvalue weighted by Crippen LogP contribution is -2.76. The molecule has 0 unspecified atom stereocenters. The lowest BCUT2D eigenvalue weighted by molar-refractivity contribution is -0.185. The first-order chi connectivity index (χ1) is 15.2. The monoisotopic (exact) mass is 415 g/mol. The van der Waals surface area contributed by atoms with Crippen LogP contribution in [-0.4, -0.2) is 37.7 Å². The molecule has 1 saturated heterocycles. The number of hydrogen-bond acceptors (Lipinski definition) is 4. The predicted molar refractivity (Wildman–Crippen MR) is 118 cm³/mol. The van der Waals surface area contributed by atoms with Gasteiger partial charge >= 0.3 is 0 Å². The van der Waals surface area contributed by atoms with Crippen molar-refractivity contribution in [3.05, 3.63) is 89.5 Å². The molecule has 2 heterocycles. The maximum absolute atomic E-state index is 13.3. The van der Waals surface area contributed by atoms with Crippen LogP contribution in [0.15, 0.2) is 72.8 Å². The second-order valence-corrected chi connectivity index (χ2v) is 8.03. The highest BCUT2D eigenvalue weighted by atomic mass is 16.5. The minimum absolute atomic E-state index is 0.0206. The molecule has 0 aromatic heterocycles. The summed E-state index contributed by atoms with van der Waals surface area (Å²) in [7, 11) is 3.20. The van der Waals surface area contributed by atoms with Gasteiger partial charge in [0.1, 0.15) is 22.8 Å². The van der Waals surface area contributed by atoms with Crippen molar-refractivity contribution < 1.29 is 19.0 Å². The third-order valence-electron chi connectivity index (χ3n) is 6.39. The zero-order valence-corrected chi connectivity index (χ0v) is 17.7. The van der Waals surface area contributed by atoms with E-state index >= 15 is 0 Å². The van der Waals surface area contributed by atoms with Crippen LogP contribution >= 0.6 is 0 Å². The molecule has 2 aliphatic rings. The molecular weight excluding hydrogens is 390 g/mol. The Kier molecular flexibility index (Phi) is 4.81. The molecule has 3 aromatic carbocycles. The molecule has 5 rings (SSSR count). The van der Waals surface area contributed by atoms with E-state index in [0.29, 0.717) is 30.2 Å². The van der Waals surface area contributed by atoms with Crippen LogP contribution in [0.25, 0.3) is 0 Å². The van der Waals surface area contributed by atoms with Gasteiger partial charge in [-0.3, -0.25) is 4.79 Å². The molecule has 158 valence electrons. The summed E-state index contributed by atoms with van der Waals surface area (Å²) in [4.78, 5) is 15.2. The maximum atomic E-state index is 13.3. The van der Waals surface area contributed by atoms with Crippen molar-refractivity contribution in [3.8, 4) is 17.2 Å². The minimum Gasteiger partial charge on any atom is -0.496 e. The van der Waals surface area contributed by atoms with E-state index in [4.69, 9.17) is 14.2 Å². The van der Waals surface area contributed by atoms with Gasteiger partial charge < -0.3 is 19.1 Å². The Labute approximate surface area is 182 Å². The fourth-order valence-electron chi connectivity index (χ4n) is 4.93. The molecule has 31 heavy (non-hydrogen) atoms. The van der Waals surface area contributed by atoms with Crippen molar-refractivity contribution in [3.63, 3.8) is 0 Å². The van der Waals surface area contributed by atoms with E-state index in [1.54, 1.807) is 32.4 Å². The molecule has 0 aliphatic carbocycles. The van der Waals surface area contributed by atoms with Gasteiger partial charge in [0.2, 0.25) is 6.10 Å². The SMILES string of the molecule is COc1cc(OC)cc(O[C@@H]2C(=O)N3CCc4ccccc4[C@]23Cc2ccccc2)c1. The molecule has 1 amide bonds. The first-order valence-electron chi connectivity index (χ1n) is 10.5. The number of amides is 1. The summed E-state index contributed by atoms with van der Waals surface area (Å²) in [6.07, 6.45) is 0.937. The Hall–Kier alpha value is -3.47. The van der Waals surface area contributed by atoms with Crippen molar-refractivity contribution in [2.24, 2.45) is 0 Å². The van der Waals surface area contributed by atoms with Gasteiger partial charge in [0.25, 0.3) is 5.91 Å². The van der Waals surface area contributed by atoms with E-state index in [1.807, 2.05) is 29.2 Å². The van der Waals surface area contributed by atoms with Crippen LogP contribution in [0.3, 0.4) is 0 Å². The molecule has 0 N–H and O–H groups in total. The summed E-state index contributed by atoms with van der Waals surface area (Å²) >= 11 is 0. The number of methoxy groups -OCH3 is 2. The van der Waals surface area contributed by atoms with E-state index in [-0.39, 0.29) is 5.91 Å². The normalized spacial score (nSPS) is 21.5. The Bertz CT molecular complexity index is 1090. The summed E-state index contributed by atoms with van der Waals surface area (Å²) < 4.78 is 17.2. The van der Waals surface area contributed by atoms with Crippen LogP contribution in [0.5, 0.6) is 17.2 Å². The number of fused-ring (bicyclic) bond motifs is 3. The molecule has 2 atom stereocenters. The molecule has 5 heteroatoms. The number of nitrogens with zero attached hydrogens (tertiary/aromatic N) is 1. The molecule has 0 spiro atoms. The summed E-state index contributed by atoms with van der Waals surface area (Å²) in [6, 6.07) is 24.1. The van der Waals surface area contributed by atoms with Crippen molar-refractivity contribution in [1.29, 1.82) is 0 Å². The van der Waals surface area contributed by atoms with Crippen LogP contribution in [0, 0.1) is 0 Å². The minimum atomic E-state index is -0.619. The number of hydrogen-bond donors (Lipinski definition) is 0. The van der Waals surface area contributed by atoms with E-state index in [9.17, 15) is 4.79 Å². The van der Waals surface area contributed by atoms with Crippen molar-refractivity contribution >= 4 is 5.91 Å². The highest BCUT2D eigenvalue weighted by molar-refractivity contribution is 5.92. The Morgan fingerprint density at radius 1 is 0.903 bits per heavy atom. The highest BCUT2D eigenvalue weighted by Gasteiger charge is 2.64. The Balaban J connectivity index is 1.59. The number of β-lactam (4-membered cyclic amide) rings is 1. The number of benzene rings is 3. The lowest BCUT2D eigenvalue weighted by atomic mass is 9.67. The first kappa shape index (κ1) is 19.5. The molecular formula is C26H25NO4. The maximum Gasteiger partial charge on any atom is 0.267 e. The summed E-state index contributed by atoms with van der Waals surface area (Å²) in [5, 5.41) is 0. The van der Waals surface area contributed by atoms with E-state index in [2.05, 4.69) is 30.3 Å². The number of rotatable bonds is 6. The fraction of sp³-hybridized carbons (Fsp3) is 0.269. The topological polar surface area (TPSA) is 48.0 Å². The van der Waals surface area contributed by atoms with Crippen LogP contribution in [0.4, 0.5) is 0 Å². The second-order valence-electron chi connectivity index (χ2n) is 8.03. The molecule has 3 aromatic rings. The van der Waals surface area contributed by atoms with Gasteiger partial charge in [-0.2, -0.15) is 0 Å². The largest absolute Gasteiger partial charge is 0.496 e. The van der Waals surface area contributed by atoms with E-state index < -0.39 is 11.6 Å². The van der Waals surface area contributed by atoms with Crippen molar-refractivity contribution in [1.82, 2.24) is 4.90 Å². The van der Waals surface area contributed by atoms with Gasteiger partial charge in [-0.1, -0.05) is 54.6 Å². The number of ether oxygens (including phenoxy) is 3. The van der Waals surface area contributed by atoms with Gasteiger partial charge in [0, 0.05) is 31.2 Å². The standard InChI is InChI=1S/C26H25NO4/c1-29-20-14-21(30-2)16-22(15-20)31-24-25(28)27-13-12-19-10-6-7-11-23(19)26(24,27)17-18-8-4-3-5-9-18/h3-11,14-16,24H,12-13,17H2,1-2H3/t24-,26-/m1/s1. The predicted octanol–water partition coefficient (Wildman–Crippen LogP) is 3.99. The fourth-order valence-corrected chi connectivity index (χ4v) is 4.93. The van der Waals surface area contributed by atoms with Gasteiger partial charge in [-0.05, 0) is 23.1 Å². The van der Waals surface area contributed by atoms with Gasteiger partial charge in [0.05, 0.1) is 14.2 Å². The van der Waals surface area contributed by atoms with Gasteiger partial charge in [0.15, 0.2) is 0 Å². The van der Waals surface area contributed by atoms with Crippen LogP contribution in [0.2, 0.25) is 0 Å². The van der Waals surface area contributed by atoms with Crippen molar-refractivity contribution in [2.75, 3.05) is 20.8 Å². The summed E-state index contributed by atoms with van der Waals surface area (Å²) in [6.45, 7) is 0.698. The smallest absolute Gasteiger partial charge is 0.267 e. The summed E-state index contributed by atoms with van der Waals surface area (Å²) in [5.41, 5.74) is 3.08.